The van der Waals surface area contributed by atoms with Crippen LogP contribution in [0.4, 0.5) is 4.39 Å². The Morgan fingerprint density at radius 2 is 2.25 bits per heavy atom. The van der Waals surface area contributed by atoms with Crippen molar-refractivity contribution in [3.63, 3.8) is 0 Å². The standard InChI is InChI=1S/C11H8FN3S/c1-7-14-15-6-10(13-11(15)16-7)8-3-2-4-9(12)5-8/h2-6H,1H3. The van der Waals surface area contributed by atoms with Crippen molar-refractivity contribution in [2.75, 3.05) is 0 Å². The minimum Gasteiger partial charge on any atom is -0.217 e. The van der Waals surface area contributed by atoms with E-state index in [9.17, 15) is 4.39 Å². The van der Waals surface area contributed by atoms with Gasteiger partial charge in [0.25, 0.3) is 0 Å². The minimum absolute atomic E-state index is 0.252. The quantitative estimate of drug-likeness (QED) is 0.647. The SMILES string of the molecule is Cc1nn2cc(-c3cccc(F)c3)nc2s1. The lowest BCUT2D eigenvalue weighted by Gasteiger charge is -1.94. The summed E-state index contributed by atoms with van der Waals surface area (Å²) in [7, 11) is 0. The zero-order valence-corrected chi connectivity index (χ0v) is 9.33. The minimum atomic E-state index is -0.252. The van der Waals surface area contributed by atoms with E-state index in [2.05, 4.69) is 10.1 Å². The summed E-state index contributed by atoms with van der Waals surface area (Å²) in [5.41, 5.74) is 1.52. The lowest BCUT2D eigenvalue weighted by Crippen LogP contribution is -1.81. The molecule has 0 atom stereocenters. The Hall–Kier alpha value is -1.75. The van der Waals surface area contributed by atoms with E-state index in [1.807, 2.05) is 19.2 Å². The molecule has 3 aromatic rings. The first-order valence-corrected chi connectivity index (χ1v) is 5.63. The predicted octanol–water partition coefficient (Wildman–Crippen LogP) is 2.91. The summed E-state index contributed by atoms with van der Waals surface area (Å²) in [5.74, 6) is -0.252. The smallest absolute Gasteiger partial charge is 0.212 e. The Kier molecular flexibility index (Phi) is 2.00. The third-order valence-corrected chi connectivity index (χ3v) is 3.10. The zero-order chi connectivity index (χ0) is 11.1. The van der Waals surface area contributed by atoms with Crippen molar-refractivity contribution in [2.24, 2.45) is 0 Å². The van der Waals surface area contributed by atoms with E-state index in [4.69, 9.17) is 0 Å². The maximum absolute atomic E-state index is 13.1. The van der Waals surface area contributed by atoms with Crippen LogP contribution in [0.15, 0.2) is 30.5 Å². The summed E-state index contributed by atoms with van der Waals surface area (Å²) < 4.78 is 14.8. The van der Waals surface area contributed by atoms with Gasteiger partial charge in [-0.05, 0) is 19.1 Å². The number of benzene rings is 1. The molecule has 0 aliphatic heterocycles. The fourth-order valence-corrected chi connectivity index (χ4v) is 2.31. The van der Waals surface area contributed by atoms with Crippen LogP contribution in [0, 0.1) is 12.7 Å². The van der Waals surface area contributed by atoms with Gasteiger partial charge in [0, 0.05) is 5.56 Å². The van der Waals surface area contributed by atoms with Crippen molar-refractivity contribution >= 4 is 16.3 Å². The molecule has 0 N–H and O–H groups in total. The van der Waals surface area contributed by atoms with Crippen LogP contribution in [0.5, 0.6) is 0 Å². The average Bonchev–Trinajstić information content (AvgIpc) is 2.74. The first-order valence-electron chi connectivity index (χ1n) is 4.81. The lowest BCUT2D eigenvalue weighted by molar-refractivity contribution is 0.628. The molecular formula is C11H8FN3S. The summed E-state index contributed by atoms with van der Waals surface area (Å²) in [6.45, 7) is 1.93. The Morgan fingerprint density at radius 3 is 3.00 bits per heavy atom. The normalized spacial score (nSPS) is 11.1. The summed E-state index contributed by atoms with van der Waals surface area (Å²) >= 11 is 1.52. The van der Waals surface area contributed by atoms with E-state index in [0.717, 1.165) is 21.2 Å². The number of aromatic nitrogens is 3. The first kappa shape index (κ1) is 9.47. The van der Waals surface area contributed by atoms with E-state index in [1.165, 1.54) is 23.5 Å². The maximum Gasteiger partial charge on any atom is 0.212 e. The highest BCUT2D eigenvalue weighted by molar-refractivity contribution is 7.16. The highest BCUT2D eigenvalue weighted by atomic mass is 32.1. The van der Waals surface area contributed by atoms with Crippen molar-refractivity contribution in [3.05, 3.63) is 41.3 Å². The van der Waals surface area contributed by atoms with Gasteiger partial charge < -0.3 is 0 Å². The topological polar surface area (TPSA) is 30.2 Å². The molecule has 0 aliphatic rings. The number of aryl methyl sites for hydroxylation is 1. The fraction of sp³-hybridized carbons (Fsp3) is 0.0909. The molecule has 1 aromatic carbocycles. The van der Waals surface area contributed by atoms with Crippen molar-refractivity contribution in [2.45, 2.75) is 6.92 Å². The van der Waals surface area contributed by atoms with Crippen LogP contribution in [0.1, 0.15) is 5.01 Å². The number of halogens is 1. The molecule has 0 bridgehead atoms. The number of hydrogen-bond acceptors (Lipinski definition) is 3. The average molecular weight is 233 g/mol. The van der Waals surface area contributed by atoms with Crippen LogP contribution in [-0.2, 0) is 0 Å². The van der Waals surface area contributed by atoms with Gasteiger partial charge in [0.1, 0.15) is 10.8 Å². The van der Waals surface area contributed by atoms with Crippen molar-refractivity contribution in [1.29, 1.82) is 0 Å². The van der Waals surface area contributed by atoms with Crippen molar-refractivity contribution < 1.29 is 4.39 Å². The van der Waals surface area contributed by atoms with Crippen LogP contribution in [0.25, 0.3) is 16.2 Å². The fourth-order valence-electron chi connectivity index (χ4n) is 1.59. The molecule has 3 nitrogen and oxygen atoms in total. The van der Waals surface area contributed by atoms with Crippen molar-refractivity contribution in [3.8, 4) is 11.3 Å². The van der Waals surface area contributed by atoms with E-state index < -0.39 is 0 Å². The number of imidazole rings is 1. The highest BCUT2D eigenvalue weighted by Gasteiger charge is 2.07. The van der Waals surface area contributed by atoms with E-state index in [0.29, 0.717) is 0 Å². The highest BCUT2D eigenvalue weighted by Crippen LogP contribution is 2.22. The Morgan fingerprint density at radius 1 is 1.38 bits per heavy atom. The number of rotatable bonds is 1. The molecular weight excluding hydrogens is 225 g/mol. The van der Waals surface area contributed by atoms with Crippen molar-refractivity contribution in [1.82, 2.24) is 14.6 Å². The molecule has 0 radical (unpaired) electrons. The summed E-state index contributed by atoms with van der Waals surface area (Å²) in [6, 6.07) is 6.41. The molecule has 3 rings (SSSR count). The molecule has 0 amide bonds. The lowest BCUT2D eigenvalue weighted by atomic mass is 10.2. The van der Waals surface area contributed by atoms with Gasteiger partial charge in [-0.1, -0.05) is 23.5 Å². The molecule has 0 saturated carbocycles. The molecule has 0 unspecified atom stereocenters. The first-order chi connectivity index (χ1) is 7.72. The molecule has 16 heavy (non-hydrogen) atoms. The molecule has 2 heterocycles. The molecule has 0 fully saturated rings. The second-order valence-electron chi connectivity index (χ2n) is 3.48. The van der Waals surface area contributed by atoms with Gasteiger partial charge >= 0.3 is 0 Å². The van der Waals surface area contributed by atoms with Crippen LogP contribution in [0.2, 0.25) is 0 Å². The third kappa shape index (κ3) is 1.49. The molecule has 0 saturated heterocycles. The van der Waals surface area contributed by atoms with Crippen LogP contribution in [0.3, 0.4) is 0 Å². The maximum atomic E-state index is 13.1. The molecule has 2 aromatic heterocycles. The van der Waals surface area contributed by atoms with Crippen LogP contribution in [-0.4, -0.2) is 14.6 Å². The van der Waals surface area contributed by atoms with E-state index >= 15 is 0 Å². The predicted molar refractivity (Wildman–Crippen MR) is 61.0 cm³/mol. The van der Waals surface area contributed by atoms with Gasteiger partial charge in [-0.3, -0.25) is 0 Å². The summed E-state index contributed by atoms with van der Waals surface area (Å²) in [6.07, 6.45) is 1.81. The molecule has 80 valence electrons. The van der Waals surface area contributed by atoms with Gasteiger partial charge in [-0.2, -0.15) is 5.10 Å². The van der Waals surface area contributed by atoms with Gasteiger partial charge in [-0.15, -0.1) is 0 Å². The van der Waals surface area contributed by atoms with E-state index in [1.54, 1.807) is 10.6 Å². The van der Waals surface area contributed by atoms with Gasteiger partial charge in [0.2, 0.25) is 4.96 Å². The van der Waals surface area contributed by atoms with Crippen LogP contribution < -0.4 is 0 Å². The summed E-state index contributed by atoms with van der Waals surface area (Å²) in [4.78, 5) is 5.23. The van der Waals surface area contributed by atoms with Gasteiger partial charge in [0.05, 0.1) is 11.9 Å². The third-order valence-electron chi connectivity index (χ3n) is 2.26. The zero-order valence-electron chi connectivity index (χ0n) is 8.51. The second-order valence-corrected chi connectivity index (χ2v) is 4.64. The van der Waals surface area contributed by atoms with Crippen LogP contribution >= 0.6 is 11.3 Å². The second kappa shape index (κ2) is 3.38. The number of nitrogens with zero attached hydrogens (tertiary/aromatic N) is 3. The number of fused-ring (bicyclic) bond motifs is 1. The Bertz CT molecular complexity index is 625. The Balaban J connectivity index is 2.15. The molecule has 0 spiro atoms. The molecule has 5 heteroatoms. The Labute approximate surface area is 95.2 Å². The van der Waals surface area contributed by atoms with Gasteiger partial charge in [0.15, 0.2) is 0 Å². The largest absolute Gasteiger partial charge is 0.217 e. The number of hydrogen-bond donors (Lipinski definition) is 0. The van der Waals surface area contributed by atoms with E-state index in [-0.39, 0.29) is 5.82 Å². The van der Waals surface area contributed by atoms with Gasteiger partial charge in [-0.25, -0.2) is 13.9 Å². The molecule has 0 aliphatic carbocycles. The monoisotopic (exact) mass is 233 g/mol. The summed E-state index contributed by atoms with van der Waals surface area (Å²) in [5, 5.41) is 5.23.